The Morgan fingerprint density at radius 2 is 1.65 bits per heavy atom. The average molecular weight is 374 g/mol. The number of non-ortho nitro benzene ring substituents is 1. The van der Waals surface area contributed by atoms with Crippen LogP contribution >= 0.6 is 34.8 Å². The zero-order valence-corrected chi connectivity index (χ0v) is 13.7. The van der Waals surface area contributed by atoms with E-state index in [4.69, 9.17) is 34.8 Å². The van der Waals surface area contributed by atoms with Crippen LogP contribution in [0.5, 0.6) is 0 Å². The molecule has 6 nitrogen and oxygen atoms in total. The molecule has 1 amide bonds. The fourth-order valence-corrected chi connectivity index (χ4v) is 2.45. The quantitative estimate of drug-likeness (QED) is 0.446. The Labute approximate surface area is 145 Å². The second kappa shape index (κ2) is 6.62. The maximum Gasteiger partial charge on any atom is 0.277 e. The molecular formula is C14H7Cl3N2O4. The highest BCUT2D eigenvalue weighted by atomic mass is 35.5. The molecule has 1 aromatic carbocycles. The van der Waals surface area contributed by atoms with E-state index in [1.807, 2.05) is 0 Å². The molecule has 0 saturated heterocycles. The van der Waals surface area contributed by atoms with Gasteiger partial charge in [0.1, 0.15) is 5.03 Å². The Balaban J connectivity index is 2.42. The zero-order valence-electron chi connectivity index (χ0n) is 11.5. The van der Waals surface area contributed by atoms with Gasteiger partial charge in [-0.25, -0.2) is 4.99 Å². The number of Topliss-reactive ketones (excluding diaryl/α,β-unsaturated/α-hetero) is 1. The summed E-state index contributed by atoms with van der Waals surface area (Å²) in [4.78, 5) is 37.7. The van der Waals surface area contributed by atoms with Crippen molar-refractivity contribution in [1.82, 2.24) is 0 Å². The molecule has 0 bridgehead atoms. The number of nitro groups is 1. The molecule has 9 heteroatoms. The summed E-state index contributed by atoms with van der Waals surface area (Å²) in [5.41, 5.74) is 0.174. The standard InChI is InChI=1S/C14H7Cl3N2O4/c1-6-9(15)13(20)11(17)10(16)12(6)18-14(21)7-2-4-8(5-3-7)19(22)23/h2-5H,1H3. The summed E-state index contributed by atoms with van der Waals surface area (Å²) in [5, 5.41) is 9.92. The Hall–Kier alpha value is -2.02. The first-order valence-corrected chi connectivity index (χ1v) is 7.22. The zero-order chi connectivity index (χ0) is 17.3. The number of nitro benzene ring substituents is 1. The molecule has 0 fully saturated rings. The molecule has 2 rings (SSSR count). The van der Waals surface area contributed by atoms with Crippen molar-refractivity contribution >= 4 is 57.9 Å². The van der Waals surface area contributed by atoms with E-state index < -0.39 is 16.6 Å². The summed E-state index contributed by atoms with van der Waals surface area (Å²) >= 11 is 17.6. The molecule has 118 valence electrons. The minimum absolute atomic E-state index is 0.00961. The smallest absolute Gasteiger partial charge is 0.277 e. The molecule has 0 saturated carbocycles. The third-order valence-electron chi connectivity index (χ3n) is 3.02. The number of ketones is 1. The molecule has 0 atom stereocenters. The van der Waals surface area contributed by atoms with Crippen LogP contribution in [0, 0.1) is 10.1 Å². The SMILES string of the molecule is CC1=C(Cl)C(=O)C(Cl)=C(Cl)C1=NC(=O)c1ccc([N+](=O)[O-])cc1. The summed E-state index contributed by atoms with van der Waals surface area (Å²) in [6, 6.07) is 4.88. The first-order valence-electron chi connectivity index (χ1n) is 6.08. The van der Waals surface area contributed by atoms with Gasteiger partial charge in [0.25, 0.3) is 11.6 Å². The minimum Gasteiger partial charge on any atom is -0.287 e. The fourth-order valence-electron chi connectivity index (χ4n) is 1.76. The number of halogens is 3. The molecule has 0 heterocycles. The number of rotatable bonds is 2. The molecule has 0 radical (unpaired) electrons. The van der Waals surface area contributed by atoms with Gasteiger partial charge in [-0.2, -0.15) is 0 Å². The molecule has 0 N–H and O–H groups in total. The van der Waals surface area contributed by atoms with Crippen LogP contribution < -0.4 is 0 Å². The Kier molecular flexibility index (Phi) is 4.99. The second-order valence-electron chi connectivity index (χ2n) is 4.47. The highest BCUT2D eigenvalue weighted by Gasteiger charge is 2.29. The van der Waals surface area contributed by atoms with Crippen molar-refractivity contribution < 1.29 is 14.5 Å². The lowest BCUT2D eigenvalue weighted by atomic mass is 10.0. The van der Waals surface area contributed by atoms with Gasteiger partial charge >= 0.3 is 0 Å². The van der Waals surface area contributed by atoms with Crippen molar-refractivity contribution in [2.45, 2.75) is 6.92 Å². The van der Waals surface area contributed by atoms with E-state index >= 15 is 0 Å². The molecule has 0 unspecified atom stereocenters. The van der Waals surface area contributed by atoms with Crippen molar-refractivity contribution in [3.63, 3.8) is 0 Å². The van der Waals surface area contributed by atoms with Gasteiger partial charge in [-0.3, -0.25) is 19.7 Å². The predicted octanol–water partition coefficient (Wildman–Crippen LogP) is 3.96. The average Bonchev–Trinajstić information content (AvgIpc) is 2.55. The summed E-state index contributed by atoms with van der Waals surface area (Å²) in [7, 11) is 0. The molecule has 1 aliphatic rings. The molecular weight excluding hydrogens is 367 g/mol. The molecule has 0 aromatic heterocycles. The van der Waals surface area contributed by atoms with E-state index in [-0.39, 0.29) is 37.6 Å². The van der Waals surface area contributed by atoms with Gasteiger partial charge in [0.2, 0.25) is 5.78 Å². The van der Waals surface area contributed by atoms with Gasteiger partial charge in [-0.1, -0.05) is 34.8 Å². The normalized spacial score (nSPS) is 17.0. The van der Waals surface area contributed by atoms with Crippen LogP contribution in [0.25, 0.3) is 0 Å². The van der Waals surface area contributed by atoms with E-state index in [9.17, 15) is 19.7 Å². The Morgan fingerprint density at radius 1 is 1.09 bits per heavy atom. The van der Waals surface area contributed by atoms with Crippen molar-refractivity contribution in [3.05, 3.63) is 60.6 Å². The van der Waals surface area contributed by atoms with Gasteiger partial charge in [-0.15, -0.1) is 0 Å². The Morgan fingerprint density at radius 3 is 2.17 bits per heavy atom. The predicted molar refractivity (Wildman–Crippen MR) is 87.2 cm³/mol. The number of nitrogens with zero attached hydrogens (tertiary/aromatic N) is 2. The van der Waals surface area contributed by atoms with Crippen LogP contribution in [0.4, 0.5) is 5.69 Å². The maximum atomic E-state index is 12.1. The maximum absolute atomic E-state index is 12.1. The third kappa shape index (κ3) is 3.34. The van der Waals surface area contributed by atoms with Crippen LogP contribution in [0.1, 0.15) is 17.3 Å². The molecule has 1 aliphatic carbocycles. The number of allylic oxidation sites excluding steroid dienone is 4. The lowest BCUT2D eigenvalue weighted by Crippen LogP contribution is -2.18. The number of hydrogen-bond donors (Lipinski definition) is 0. The molecule has 0 spiro atoms. The number of amides is 1. The first kappa shape index (κ1) is 17.3. The van der Waals surface area contributed by atoms with Crippen molar-refractivity contribution in [3.8, 4) is 0 Å². The van der Waals surface area contributed by atoms with Crippen LogP contribution in [-0.4, -0.2) is 22.3 Å². The van der Waals surface area contributed by atoms with Gasteiger partial charge in [0, 0.05) is 17.7 Å². The van der Waals surface area contributed by atoms with Crippen molar-refractivity contribution in [1.29, 1.82) is 0 Å². The topological polar surface area (TPSA) is 89.6 Å². The van der Waals surface area contributed by atoms with E-state index in [1.165, 1.54) is 31.2 Å². The summed E-state index contributed by atoms with van der Waals surface area (Å²) in [6.07, 6.45) is 0. The molecule has 1 aromatic rings. The van der Waals surface area contributed by atoms with E-state index in [2.05, 4.69) is 4.99 Å². The summed E-state index contributed by atoms with van der Waals surface area (Å²) in [6.45, 7) is 1.48. The van der Waals surface area contributed by atoms with Crippen molar-refractivity contribution in [2.24, 2.45) is 4.99 Å². The number of hydrogen-bond acceptors (Lipinski definition) is 4. The highest BCUT2D eigenvalue weighted by Crippen LogP contribution is 2.32. The second-order valence-corrected chi connectivity index (χ2v) is 5.60. The lowest BCUT2D eigenvalue weighted by Gasteiger charge is -2.14. The van der Waals surface area contributed by atoms with Crippen molar-refractivity contribution in [2.75, 3.05) is 0 Å². The van der Waals surface area contributed by atoms with E-state index in [0.717, 1.165) is 0 Å². The monoisotopic (exact) mass is 372 g/mol. The minimum atomic E-state index is -0.698. The van der Waals surface area contributed by atoms with Gasteiger partial charge in [0.05, 0.1) is 20.7 Å². The van der Waals surface area contributed by atoms with E-state index in [1.54, 1.807) is 0 Å². The van der Waals surface area contributed by atoms with Crippen LogP contribution in [-0.2, 0) is 4.79 Å². The van der Waals surface area contributed by atoms with Gasteiger partial charge in [-0.05, 0) is 24.6 Å². The van der Waals surface area contributed by atoms with Gasteiger partial charge in [0.15, 0.2) is 0 Å². The first-order chi connectivity index (χ1) is 10.7. The fraction of sp³-hybridized carbons (Fsp3) is 0.0714. The number of carbonyl (C=O) groups is 2. The Bertz CT molecular complexity index is 793. The number of aliphatic imine (C=N–C) groups is 1. The lowest BCUT2D eigenvalue weighted by molar-refractivity contribution is -0.384. The largest absolute Gasteiger partial charge is 0.287 e. The summed E-state index contributed by atoms with van der Waals surface area (Å²) in [5.74, 6) is -1.34. The van der Waals surface area contributed by atoms with Gasteiger partial charge < -0.3 is 0 Å². The number of carbonyl (C=O) groups excluding carboxylic acids is 2. The van der Waals surface area contributed by atoms with E-state index in [0.29, 0.717) is 0 Å². The number of benzene rings is 1. The summed E-state index contributed by atoms with van der Waals surface area (Å²) < 4.78 is 0. The van der Waals surface area contributed by atoms with Crippen LogP contribution in [0.3, 0.4) is 0 Å². The highest BCUT2D eigenvalue weighted by molar-refractivity contribution is 6.64. The third-order valence-corrected chi connectivity index (χ3v) is 4.30. The molecule has 23 heavy (non-hydrogen) atoms. The van der Waals surface area contributed by atoms with Crippen LogP contribution in [0.2, 0.25) is 0 Å². The van der Waals surface area contributed by atoms with Crippen LogP contribution in [0.15, 0.2) is 49.9 Å². The molecule has 0 aliphatic heterocycles.